The fourth-order valence-corrected chi connectivity index (χ4v) is 3.36. The van der Waals surface area contributed by atoms with Crippen molar-refractivity contribution in [2.24, 2.45) is 7.05 Å². The van der Waals surface area contributed by atoms with Crippen LogP contribution in [0.15, 0.2) is 6.20 Å². The highest BCUT2D eigenvalue weighted by Crippen LogP contribution is 2.31. The summed E-state index contributed by atoms with van der Waals surface area (Å²) in [5, 5.41) is 7.87. The van der Waals surface area contributed by atoms with Gasteiger partial charge in [0.25, 0.3) is 5.91 Å². The number of aryl methyl sites for hydroxylation is 2. The zero-order valence-electron chi connectivity index (χ0n) is 12.1. The van der Waals surface area contributed by atoms with Crippen molar-refractivity contribution in [1.82, 2.24) is 14.8 Å². The van der Waals surface area contributed by atoms with E-state index in [0.717, 1.165) is 36.8 Å². The third kappa shape index (κ3) is 2.71. The van der Waals surface area contributed by atoms with Gasteiger partial charge in [0, 0.05) is 26.3 Å². The molecule has 3 rings (SSSR count). The molecule has 2 aromatic rings. The number of hydrogen-bond donors (Lipinski definition) is 2. The van der Waals surface area contributed by atoms with Gasteiger partial charge in [0.05, 0.1) is 11.4 Å². The number of nitrogen functional groups attached to an aromatic ring is 1. The minimum Gasteiger partial charge on any atom is -0.382 e. The number of rotatable bonds is 3. The summed E-state index contributed by atoms with van der Waals surface area (Å²) < 4.78 is 1.66. The third-order valence-corrected chi connectivity index (χ3v) is 4.62. The second-order valence-corrected chi connectivity index (χ2v) is 6.14. The van der Waals surface area contributed by atoms with Crippen LogP contribution in [0.3, 0.4) is 0 Å². The van der Waals surface area contributed by atoms with Crippen molar-refractivity contribution in [2.45, 2.75) is 19.8 Å². The molecular weight excluding hydrogens is 288 g/mol. The highest BCUT2D eigenvalue weighted by atomic mass is 32.1. The van der Waals surface area contributed by atoms with Crippen molar-refractivity contribution >= 4 is 33.9 Å². The highest BCUT2D eigenvalue weighted by Gasteiger charge is 2.22. The number of carbonyl (C=O) groups is 1. The molecule has 0 aromatic carbocycles. The number of thiazole rings is 1. The number of anilines is 3. The lowest BCUT2D eigenvalue weighted by Crippen LogP contribution is -2.17. The van der Waals surface area contributed by atoms with Crippen LogP contribution in [0.4, 0.5) is 16.6 Å². The lowest BCUT2D eigenvalue weighted by molar-refractivity contribution is 0.103. The summed E-state index contributed by atoms with van der Waals surface area (Å²) in [4.78, 5) is 19.3. The smallest absolute Gasteiger partial charge is 0.269 e. The fourth-order valence-electron chi connectivity index (χ4n) is 2.43. The molecule has 0 unspecified atom stereocenters. The molecule has 0 spiro atoms. The quantitative estimate of drug-likeness (QED) is 0.899. The van der Waals surface area contributed by atoms with Crippen molar-refractivity contribution < 1.29 is 4.79 Å². The maximum Gasteiger partial charge on any atom is 0.269 e. The van der Waals surface area contributed by atoms with Gasteiger partial charge in [0.15, 0.2) is 5.13 Å². The summed E-state index contributed by atoms with van der Waals surface area (Å²) in [6.07, 6.45) is 4.09. The van der Waals surface area contributed by atoms with Crippen LogP contribution in [0.2, 0.25) is 0 Å². The summed E-state index contributed by atoms with van der Waals surface area (Å²) in [5.41, 5.74) is 7.36. The number of amides is 1. The molecule has 0 aliphatic carbocycles. The number of nitrogens with one attached hydrogen (secondary N) is 1. The Morgan fingerprint density at radius 3 is 2.76 bits per heavy atom. The van der Waals surface area contributed by atoms with Gasteiger partial charge in [0.2, 0.25) is 0 Å². The minimum absolute atomic E-state index is 0.230. The lowest BCUT2D eigenvalue weighted by atomic mass is 10.4. The molecule has 1 aliphatic rings. The zero-order chi connectivity index (χ0) is 15.0. The molecule has 1 saturated heterocycles. The molecule has 21 heavy (non-hydrogen) atoms. The summed E-state index contributed by atoms with van der Waals surface area (Å²) in [5.74, 6) is 0.0625. The van der Waals surface area contributed by atoms with Gasteiger partial charge in [-0.25, -0.2) is 4.98 Å². The Morgan fingerprint density at radius 2 is 2.14 bits per heavy atom. The third-order valence-electron chi connectivity index (χ3n) is 3.49. The molecule has 1 aliphatic heterocycles. The van der Waals surface area contributed by atoms with E-state index in [1.807, 2.05) is 14.0 Å². The molecule has 1 fully saturated rings. The van der Waals surface area contributed by atoms with Crippen LogP contribution in [-0.4, -0.2) is 33.8 Å². The van der Waals surface area contributed by atoms with E-state index in [1.165, 1.54) is 11.3 Å². The number of carbonyl (C=O) groups excluding carboxylic acids is 1. The SMILES string of the molecule is Cc1nn(C)cc1NC(=O)c1sc(N2CCCC2)nc1N. The molecule has 0 atom stereocenters. The Morgan fingerprint density at radius 1 is 1.43 bits per heavy atom. The summed E-state index contributed by atoms with van der Waals surface area (Å²) in [7, 11) is 1.81. The minimum atomic E-state index is -0.230. The van der Waals surface area contributed by atoms with E-state index in [2.05, 4.69) is 20.3 Å². The van der Waals surface area contributed by atoms with E-state index in [9.17, 15) is 4.79 Å². The van der Waals surface area contributed by atoms with E-state index in [-0.39, 0.29) is 5.91 Å². The zero-order valence-corrected chi connectivity index (χ0v) is 12.9. The first-order valence-corrected chi connectivity index (χ1v) is 7.69. The molecular formula is C13H18N6OS. The van der Waals surface area contributed by atoms with Gasteiger partial charge < -0.3 is 16.0 Å². The maximum atomic E-state index is 12.3. The van der Waals surface area contributed by atoms with Crippen LogP contribution < -0.4 is 16.0 Å². The van der Waals surface area contributed by atoms with Gasteiger partial charge >= 0.3 is 0 Å². The number of hydrogen-bond acceptors (Lipinski definition) is 6. The lowest BCUT2D eigenvalue weighted by Gasteiger charge is -2.11. The van der Waals surface area contributed by atoms with Crippen molar-refractivity contribution in [3.05, 3.63) is 16.8 Å². The number of nitrogens with zero attached hydrogens (tertiary/aromatic N) is 4. The topological polar surface area (TPSA) is 89.1 Å². The van der Waals surface area contributed by atoms with Crippen LogP contribution in [0.1, 0.15) is 28.2 Å². The first kappa shape index (κ1) is 13.9. The molecule has 0 bridgehead atoms. The Balaban J connectivity index is 1.79. The van der Waals surface area contributed by atoms with Gasteiger partial charge in [-0.3, -0.25) is 9.48 Å². The second-order valence-electron chi connectivity index (χ2n) is 5.16. The Kier molecular flexibility index (Phi) is 3.54. The van der Waals surface area contributed by atoms with E-state index in [4.69, 9.17) is 5.73 Å². The fraction of sp³-hybridized carbons (Fsp3) is 0.462. The van der Waals surface area contributed by atoms with E-state index >= 15 is 0 Å². The first-order chi connectivity index (χ1) is 10.0. The maximum absolute atomic E-state index is 12.3. The average molecular weight is 306 g/mol. The van der Waals surface area contributed by atoms with Gasteiger partial charge in [-0.05, 0) is 19.8 Å². The molecule has 8 heteroatoms. The van der Waals surface area contributed by atoms with Crippen LogP contribution in [0, 0.1) is 6.92 Å². The van der Waals surface area contributed by atoms with Gasteiger partial charge in [-0.1, -0.05) is 11.3 Å². The van der Waals surface area contributed by atoms with Crippen LogP contribution in [-0.2, 0) is 7.05 Å². The summed E-state index contributed by atoms with van der Waals surface area (Å²) in [6, 6.07) is 0. The molecule has 3 heterocycles. The first-order valence-electron chi connectivity index (χ1n) is 6.87. The van der Waals surface area contributed by atoms with Crippen molar-refractivity contribution in [3.8, 4) is 0 Å². The normalized spacial score (nSPS) is 14.7. The Bertz CT molecular complexity index is 670. The average Bonchev–Trinajstić information content (AvgIpc) is 3.11. The molecule has 112 valence electrons. The van der Waals surface area contributed by atoms with Crippen LogP contribution in [0.25, 0.3) is 0 Å². The predicted octanol–water partition coefficient (Wildman–Crippen LogP) is 1.62. The van der Waals surface area contributed by atoms with E-state index < -0.39 is 0 Å². The van der Waals surface area contributed by atoms with Gasteiger partial charge in [-0.2, -0.15) is 5.10 Å². The van der Waals surface area contributed by atoms with Crippen molar-refractivity contribution in [1.29, 1.82) is 0 Å². The Hall–Kier alpha value is -2.09. The van der Waals surface area contributed by atoms with Crippen molar-refractivity contribution in [3.63, 3.8) is 0 Å². The van der Waals surface area contributed by atoms with Crippen LogP contribution in [0.5, 0.6) is 0 Å². The van der Waals surface area contributed by atoms with Crippen LogP contribution >= 0.6 is 11.3 Å². The van der Waals surface area contributed by atoms with Gasteiger partial charge in [-0.15, -0.1) is 0 Å². The number of aromatic nitrogens is 3. The summed E-state index contributed by atoms with van der Waals surface area (Å²) >= 11 is 1.35. The van der Waals surface area contributed by atoms with Crippen molar-refractivity contribution in [2.75, 3.05) is 29.0 Å². The van der Waals surface area contributed by atoms with E-state index in [1.54, 1.807) is 10.9 Å². The standard InChI is InChI=1S/C13H18N6OS/c1-8-9(7-18(2)17-8)15-12(20)10-11(14)16-13(21-10)19-5-3-4-6-19/h7H,3-6,14H2,1-2H3,(H,15,20). The Labute approximate surface area is 126 Å². The molecule has 1 amide bonds. The summed E-state index contributed by atoms with van der Waals surface area (Å²) in [6.45, 7) is 3.81. The molecule has 7 nitrogen and oxygen atoms in total. The monoisotopic (exact) mass is 306 g/mol. The highest BCUT2D eigenvalue weighted by molar-refractivity contribution is 7.18. The predicted molar refractivity (Wildman–Crippen MR) is 83.9 cm³/mol. The molecule has 3 N–H and O–H groups in total. The largest absolute Gasteiger partial charge is 0.382 e. The van der Waals surface area contributed by atoms with E-state index in [0.29, 0.717) is 16.4 Å². The number of nitrogens with two attached hydrogens (primary N) is 1. The molecule has 2 aromatic heterocycles. The molecule has 0 radical (unpaired) electrons. The molecule has 0 saturated carbocycles. The van der Waals surface area contributed by atoms with Gasteiger partial charge in [0.1, 0.15) is 10.7 Å². The second kappa shape index (κ2) is 5.36.